The van der Waals surface area contributed by atoms with Gasteiger partial charge >= 0.3 is 0 Å². The summed E-state index contributed by atoms with van der Waals surface area (Å²) >= 11 is 0. The second-order valence-electron chi connectivity index (χ2n) is 5.59. The second kappa shape index (κ2) is 5.92. The van der Waals surface area contributed by atoms with E-state index in [0.29, 0.717) is 0 Å². The van der Waals surface area contributed by atoms with Gasteiger partial charge in [0.2, 0.25) is 5.91 Å². The maximum absolute atomic E-state index is 12.3. The number of carbonyl (C=O) groups is 1. The van der Waals surface area contributed by atoms with Crippen molar-refractivity contribution in [1.29, 1.82) is 0 Å². The second-order valence-corrected chi connectivity index (χ2v) is 5.59. The predicted molar refractivity (Wildman–Crippen MR) is 78.4 cm³/mol. The molecule has 1 amide bonds. The van der Waals surface area contributed by atoms with Crippen LogP contribution in [0.2, 0.25) is 0 Å². The first kappa shape index (κ1) is 16.0. The number of carbonyl (C=O) groups excluding carboxylic acids is 1. The highest BCUT2D eigenvalue weighted by Gasteiger charge is 2.37. The number of hydrogen-bond acceptors (Lipinski definition) is 3. The van der Waals surface area contributed by atoms with Crippen LogP contribution in [0, 0.1) is 12.8 Å². The Balaban J connectivity index is 0.00000180. The van der Waals surface area contributed by atoms with Crippen molar-refractivity contribution < 1.29 is 4.79 Å². The molecule has 2 unspecified atom stereocenters. The van der Waals surface area contributed by atoms with Crippen molar-refractivity contribution >= 4 is 24.1 Å². The predicted octanol–water partition coefficient (Wildman–Crippen LogP) is 2.00. The van der Waals surface area contributed by atoms with Crippen LogP contribution in [-0.2, 0) is 11.8 Å². The van der Waals surface area contributed by atoms with Crippen LogP contribution >= 0.6 is 12.4 Å². The lowest BCUT2D eigenvalue weighted by Gasteiger charge is -2.37. The molecule has 0 saturated heterocycles. The highest BCUT2D eigenvalue weighted by atomic mass is 35.5. The Morgan fingerprint density at radius 3 is 2.79 bits per heavy atom. The van der Waals surface area contributed by atoms with Gasteiger partial charge in [0.25, 0.3) is 0 Å². The lowest BCUT2D eigenvalue weighted by atomic mass is 9.74. The lowest BCUT2D eigenvalue weighted by molar-refractivity contribution is -0.122. The van der Waals surface area contributed by atoms with E-state index in [2.05, 4.69) is 10.4 Å². The smallest absolute Gasteiger partial charge is 0.230 e. The number of aryl methyl sites for hydroxylation is 2. The number of nitrogens with one attached hydrogen (secondary N) is 1. The summed E-state index contributed by atoms with van der Waals surface area (Å²) in [6.07, 6.45) is 3.97. The van der Waals surface area contributed by atoms with Gasteiger partial charge in [-0.2, -0.15) is 5.10 Å². The number of nitrogens with two attached hydrogens (primary N) is 1. The van der Waals surface area contributed by atoms with Gasteiger partial charge in [-0.1, -0.05) is 12.8 Å². The van der Waals surface area contributed by atoms with Gasteiger partial charge < -0.3 is 11.1 Å². The maximum Gasteiger partial charge on any atom is 0.230 e. The van der Waals surface area contributed by atoms with Crippen LogP contribution < -0.4 is 11.1 Å². The van der Waals surface area contributed by atoms with Crippen LogP contribution in [0.3, 0.4) is 0 Å². The summed E-state index contributed by atoms with van der Waals surface area (Å²) in [6.45, 7) is 3.88. The first-order chi connectivity index (χ1) is 8.40. The van der Waals surface area contributed by atoms with E-state index >= 15 is 0 Å². The molecule has 6 heteroatoms. The van der Waals surface area contributed by atoms with E-state index in [4.69, 9.17) is 5.73 Å². The lowest BCUT2D eigenvalue weighted by Crippen LogP contribution is -2.51. The summed E-state index contributed by atoms with van der Waals surface area (Å²) in [5.74, 6) is 0.642. The van der Waals surface area contributed by atoms with Gasteiger partial charge in [0.15, 0.2) is 0 Å². The zero-order chi connectivity index (χ0) is 13.3. The first-order valence-corrected chi connectivity index (χ1v) is 6.50. The minimum atomic E-state index is -0.393. The van der Waals surface area contributed by atoms with Gasteiger partial charge in [-0.15, -0.1) is 12.4 Å². The summed E-state index contributed by atoms with van der Waals surface area (Å²) in [7, 11) is 1.82. The molecule has 0 spiro atoms. The summed E-state index contributed by atoms with van der Waals surface area (Å²) in [5, 5.41) is 7.15. The molecule has 0 aliphatic heterocycles. The van der Waals surface area contributed by atoms with Crippen molar-refractivity contribution in [3.63, 3.8) is 0 Å². The van der Waals surface area contributed by atoms with Crippen molar-refractivity contribution in [2.75, 3.05) is 5.32 Å². The number of halogens is 1. The molecule has 0 bridgehead atoms. The maximum atomic E-state index is 12.3. The number of nitrogens with zero attached hydrogens (tertiary/aromatic N) is 2. The molecule has 3 N–H and O–H groups in total. The molecular formula is C13H23ClN4O. The van der Waals surface area contributed by atoms with E-state index in [9.17, 15) is 4.79 Å². The van der Waals surface area contributed by atoms with Crippen LogP contribution in [0.5, 0.6) is 0 Å². The largest absolute Gasteiger partial charge is 0.325 e. The number of rotatable bonds is 2. The van der Waals surface area contributed by atoms with Crippen LogP contribution in [-0.4, -0.2) is 21.2 Å². The molecule has 1 fully saturated rings. The fraction of sp³-hybridized carbons (Fsp3) is 0.692. The summed E-state index contributed by atoms with van der Waals surface area (Å²) in [5.41, 5.74) is 6.74. The van der Waals surface area contributed by atoms with Gasteiger partial charge in [0.05, 0.1) is 11.6 Å². The Labute approximate surface area is 120 Å². The number of aromatic nitrogens is 2. The molecule has 1 aliphatic carbocycles. The van der Waals surface area contributed by atoms with Gasteiger partial charge in [0.1, 0.15) is 5.82 Å². The Bertz CT molecular complexity index is 455. The third kappa shape index (κ3) is 3.48. The Morgan fingerprint density at radius 2 is 2.26 bits per heavy atom. The molecule has 1 heterocycles. The number of amides is 1. The van der Waals surface area contributed by atoms with Crippen molar-refractivity contribution in [3.05, 3.63) is 11.8 Å². The van der Waals surface area contributed by atoms with Crippen LogP contribution in [0.25, 0.3) is 0 Å². The average Bonchev–Trinajstić information content (AvgIpc) is 2.56. The Hall–Kier alpha value is -1.07. The molecule has 0 aromatic carbocycles. The Morgan fingerprint density at radius 1 is 1.58 bits per heavy atom. The Kier molecular flexibility index (Phi) is 4.98. The molecule has 1 aromatic heterocycles. The monoisotopic (exact) mass is 286 g/mol. The minimum Gasteiger partial charge on any atom is -0.325 e. The van der Waals surface area contributed by atoms with Crippen molar-refractivity contribution in [1.82, 2.24) is 9.78 Å². The van der Waals surface area contributed by atoms with Crippen molar-refractivity contribution in [3.8, 4) is 0 Å². The van der Waals surface area contributed by atoms with Crippen LogP contribution in [0.15, 0.2) is 6.07 Å². The first-order valence-electron chi connectivity index (χ1n) is 6.50. The highest BCUT2D eigenvalue weighted by molar-refractivity contribution is 5.92. The zero-order valence-electron chi connectivity index (χ0n) is 11.8. The van der Waals surface area contributed by atoms with Crippen LogP contribution in [0.1, 0.15) is 38.3 Å². The zero-order valence-corrected chi connectivity index (χ0v) is 12.6. The molecule has 1 saturated carbocycles. The van der Waals surface area contributed by atoms with Gasteiger partial charge in [-0.25, -0.2) is 0 Å². The summed E-state index contributed by atoms with van der Waals surface area (Å²) in [6, 6.07) is 1.87. The van der Waals surface area contributed by atoms with E-state index in [0.717, 1.165) is 37.2 Å². The van der Waals surface area contributed by atoms with E-state index in [-0.39, 0.29) is 24.2 Å². The fourth-order valence-corrected chi connectivity index (χ4v) is 2.73. The quantitative estimate of drug-likeness (QED) is 0.873. The number of anilines is 1. The molecule has 1 aromatic rings. The summed E-state index contributed by atoms with van der Waals surface area (Å²) < 4.78 is 1.68. The molecular weight excluding hydrogens is 264 g/mol. The topological polar surface area (TPSA) is 72.9 Å². The highest BCUT2D eigenvalue weighted by Crippen LogP contribution is 2.32. The van der Waals surface area contributed by atoms with Crippen molar-refractivity contribution in [2.45, 2.75) is 45.1 Å². The van der Waals surface area contributed by atoms with Crippen LogP contribution in [0.4, 0.5) is 5.82 Å². The molecule has 19 heavy (non-hydrogen) atoms. The van der Waals surface area contributed by atoms with Gasteiger partial charge in [-0.3, -0.25) is 9.48 Å². The average molecular weight is 287 g/mol. The van der Waals surface area contributed by atoms with E-state index in [1.165, 1.54) is 0 Å². The van der Waals surface area contributed by atoms with E-state index < -0.39 is 5.54 Å². The van der Waals surface area contributed by atoms with E-state index in [1.807, 2.05) is 27.0 Å². The molecule has 5 nitrogen and oxygen atoms in total. The molecule has 108 valence electrons. The van der Waals surface area contributed by atoms with Gasteiger partial charge in [-0.05, 0) is 26.7 Å². The molecule has 2 rings (SSSR count). The molecule has 0 radical (unpaired) electrons. The fourth-order valence-electron chi connectivity index (χ4n) is 2.73. The van der Waals surface area contributed by atoms with E-state index in [1.54, 1.807) is 4.68 Å². The standard InChI is InChI=1S/C13H22N4O.ClH/c1-9-8-11(17(3)16-9)15-12(18)10-6-4-5-7-13(10,2)14;/h8,10H,4-7,14H2,1-3H3,(H,15,18);1H. The van der Waals surface area contributed by atoms with Gasteiger partial charge in [0, 0.05) is 18.7 Å². The summed E-state index contributed by atoms with van der Waals surface area (Å²) in [4.78, 5) is 12.3. The number of hydrogen-bond donors (Lipinski definition) is 2. The minimum absolute atomic E-state index is 0. The normalized spacial score (nSPS) is 26.6. The molecule has 2 atom stereocenters. The van der Waals surface area contributed by atoms with Crippen molar-refractivity contribution in [2.24, 2.45) is 18.7 Å². The SMILES string of the molecule is Cc1cc(NC(=O)C2CCCCC2(C)N)n(C)n1.Cl. The molecule has 1 aliphatic rings. The third-order valence-electron chi connectivity index (χ3n) is 3.82. The third-order valence-corrected chi connectivity index (χ3v) is 3.82.